The topological polar surface area (TPSA) is 79.0 Å². The van der Waals surface area contributed by atoms with Gasteiger partial charge in [0.1, 0.15) is 0 Å². The summed E-state index contributed by atoms with van der Waals surface area (Å²) < 4.78 is 0. The molecule has 1 N–H and O–H groups in total. The number of rotatable bonds is 4. The zero-order valence-corrected chi connectivity index (χ0v) is 12.9. The van der Waals surface area contributed by atoms with Crippen LogP contribution in [0.3, 0.4) is 0 Å². The van der Waals surface area contributed by atoms with Gasteiger partial charge in [-0.25, -0.2) is 9.78 Å². The standard InChI is InChI=1S/C17H20N4O2/c22-16(6-5-13-3-1-8-18-11-13)21-10-2-4-14(12-21)15-7-9-19-17(23)20-15/h1,3,7-9,11,14H,2,4-6,10,12H2,(H,19,20,23)/t14-/m0/s1. The second-order valence-corrected chi connectivity index (χ2v) is 5.87. The minimum Gasteiger partial charge on any atom is -0.342 e. The fraction of sp³-hybridized carbons (Fsp3) is 0.412. The van der Waals surface area contributed by atoms with Gasteiger partial charge in [-0.3, -0.25) is 9.78 Å². The summed E-state index contributed by atoms with van der Waals surface area (Å²) in [6, 6.07) is 5.70. The molecule has 0 spiro atoms. The molecule has 1 atom stereocenters. The maximum Gasteiger partial charge on any atom is 0.345 e. The van der Waals surface area contributed by atoms with E-state index in [0.29, 0.717) is 19.4 Å². The molecular weight excluding hydrogens is 292 g/mol. The number of nitrogens with one attached hydrogen (secondary N) is 1. The summed E-state index contributed by atoms with van der Waals surface area (Å²) in [7, 11) is 0. The summed E-state index contributed by atoms with van der Waals surface area (Å²) in [6.07, 6.45) is 8.19. The Hall–Kier alpha value is -2.50. The number of hydrogen-bond donors (Lipinski definition) is 1. The van der Waals surface area contributed by atoms with Gasteiger partial charge in [0.2, 0.25) is 5.91 Å². The number of aromatic nitrogens is 3. The Labute approximate surface area is 134 Å². The van der Waals surface area contributed by atoms with Crippen LogP contribution in [0.15, 0.2) is 41.6 Å². The van der Waals surface area contributed by atoms with Crippen LogP contribution in [-0.2, 0) is 11.2 Å². The number of nitrogens with zero attached hydrogens (tertiary/aromatic N) is 3. The van der Waals surface area contributed by atoms with Crippen LogP contribution < -0.4 is 5.69 Å². The van der Waals surface area contributed by atoms with Crippen LogP contribution in [0.2, 0.25) is 0 Å². The average Bonchev–Trinajstić information content (AvgIpc) is 2.61. The van der Waals surface area contributed by atoms with Crippen molar-refractivity contribution in [3.63, 3.8) is 0 Å². The minimum absolute atomic E-state index is 0.162. The van der Waals surface area contributed by atoms with Gasteiger partial charge in [0.05, 0.1) is 0 Å². The fourth-order valence-electron chi connectivity index (χ4n) is 3.03. The van der Waals surface area contributed by atoms with Crippen molar-refractivity contribution in [2.75, 3.05) is 13.1 Å². The first-order valence-corrected chi connectivity index (χ1v) is 7.94. The second-order valence-electron chi connectivity index (χ2n) is 5.87. The average molecular weight is 312 g/mol. The van der Waals surface area contributed by atoms with Crippen LogP contribution in [-0.4, -0.2) is 38.8 Å². The summed E-state index contributed by atoms with van der Waals surface area (Å²) in [4.78, 5) is 36.2. The van der Waals surface area contributed by atoms with Crippen molar-refractivity contribution in [3.8, 4) is 0 Å². The van der Waals surface area contributed by atoms with Gasteiger partial charge in [-0.1, -0.05) is 6.07 Å². The zero-order chi connectivity index (χ0) is 16.1. The molecule has 6 heteroatoms. The number of pyridine rings is 1. The first-order valence-electron chi connectivity index (χ1n) is 7.94. The van der Waals surface area contributed by atoms with Crippen molar-refractivity contribution in [3.05, 3.63) is 58.5 Å². The molecule has 0 radical (unpaired) electrons. The summed E-state index contributed by atoms with van der Waals surface area (Å²) in [5.74, 6) is 0.344. The normalized spacial score (nSPS) is 17.9. The van der Waals surface area contributed by atoms with E-state index in [4.69, 9.17) is 0 Å². The Balaban J connectivity index is 1.59. The Bertz CT molecular complexity index is 714. The van der Waals surface area contributed by atoms with Gasteiger partial charge < -0.3 is 9.88 Å². The molecule has 2 aromatic heterocycles. The number of piperidine rings is 1. The fourth-order valence-corrected chi connectivity index (χ4v) is 3.03. The molecule has 1 aliphatic heterocycles. The molecule has 0 aliphatic carbocycles. The maximum atomic E-state index is 12.4. The van der Waals surface area contributed by atoms with Crippen LogP contribution in [0, 0.1) is 0 Å². The number of carbonyl (C=O) groups excluding carboxylic acids is 1. The third-order valence-electron chi connectivity index (χ3n) is 4.26. The molecule has 0 unspecified atom stereocenters. The van der Waals surface area contributed by atoms with Crippen LogP contribution >= 0.6 is 0 Å². The first kappa shape index (κ1) is 15.4. The quantitative estimate of drug-likeness (QED) is 0.928. The number of hydrogen-bond acceptors (Lipinski definition) is 4. The van der Waals surface area contributed by atoms with Gasteiger partial charge in [-0.2, -0.15) is 0 Å². The van der Waals surface area contributed by atoms with Gasteiger partial charge in [0.15, 0.2) is 0 Å². The van der Waals surface area contributed by atoms with E-state index >= 15 is 0 Å². The molecule has 3 heterocycles. The van der Waals surface area contributed by atoms with Crippen molar-refractivity contribution in [1.29, 1.82) is 0 Å². The van der Waals surface area contributed by atoms with Crippen LogP contribution in [0.5, 0.6) is 0 Å². The highest BCUT2D eigenvalue weighted by molar-refractivity contribution is 5.76. The molecule has 0 bridgehead atoms. The minimum atomic E-state index is -0.331. The van der Waals surface area contributed by atoms with Crippen LogP contribution in [0.1, 0.15) is 36.4 Å². The van der Waals surface area contributed by atoms with Crippen LogP contribution in [0.25, 0.3) is 0 Å². The van der Waals surface area contributed by atoms with E-state index < -0.39 is 0 Å². The largest absolute Gasteiger partial charge is 0.345 e. The number of aryl methyl sites for hydroxylation is 1. The lowest BCUT2D eigenvalue weighted by atomic mass is 9.94. The number of aromatic amines is 1. The molecular formula is C17H20N4O2. The highest BCUT2D eigenvalue weighted by Gasteiger charge is 2.25. The molecule has 0 aromatic carbocycles. The van der Waals surface area contributed by atoms with Gasteiger partial charge >= 0.3 is 5.69 Å². The molecule has 0 saturated carbocycles. The molecule has 1 aliphatic rings. The SMILES string of the molecule is O=C(CCc1cccnc1)N1CCC[C@H](c2ccnc(=O)[nH]2)C1. The van der Waals surface area contributed by atoms with E-state index in [-0.39, 0.29) is 17.5 Å². The van der Waals surface area contributed by atoms with Crippen LogP contribution in [0.4, 0.5) is 0 Å². The van der Waals surface area contributed by atoms with E-state index in [0.717, 1.165) is 30.6 Å². The summed E-state index contributed by atoms with van der Waals surface area (Å²) in [5, 5.41) is 0. The lowest BCUT2D eigenvalue weighted by molar-refractivity contribution is -0.132. The molecule has 6 nitrogen and oxygen atoms in total. The van der Waals surface area contributed by atoms with E-state index in [2.05, 4.69) is 15.0 Å². The second kappa shape index (κ2) is 7.17. The van der Waals surface area contributed by atoms with Gasteiger partial charge in [-0.15, -0.1) is 0 Å². The van der Waals surface area contributed by atoms with Crippen molar-refractivity contribution >= 4 is 5.91 Å². The highest BCUT2D eigenvalue weighted by atomic mass is 16.2. The van der Waals surface area contributed by atoms with Gasteiger partial charge in [0.25, 0.3) is 0 Å². The number of likely N-dealkylation sites (tertiary alicyclic amines) is 1. The van der Waals surface area contributed by atoms with Crippen molar-refractivity contribution < 1.29 is 4.79 Å². The van der Waals surface area contributed by atoms with E-state index in [1.54, 1.807) is 12.4 Å². The van der Waals surface area contributed by atoms with Crippen molar-refractivity contribution in [1.82, 2.24) is 19.9 Å². The zero-order valence-electron chi connectivity index (χ0n) is 12.9. The monoisotopic (exact) mass is 312 g/mol. The Morgan fingerprint density at radius 1 is 1.35 bits per heavy atom. The Morgan fingerprint density at radius 3 is 3.04 bits per heavy atom. The lowest BCUT2D eigenvalue weighted by Crippen LogP contribution is -2.39. The molecule has 1 fully saturated rings. The molecule has 120 valence electrons. The maximum absolute atomic E-state index is 12.4. The van der Waals surface area contributed by atoms with Crippen molar-refractivity contribution in [2.45, 2.75) is 31.6 Å². The summed E-state index contributed by atoms with van der Waals surface area (Å²) >= 11 is 0. The summed E-state index contributed by atoms with van der Waals surface area (Å²) in [5.41, 5.74) is 1.62. The molecule has 23 heavy (non-hydrogen) atoms. The van der Waals surface area contributed by atoms with Gasteiger partial charge in [-0.05, 0) is 37.0 Å². The molecule has 1 saturated heterocycles. The van der Waals surface area contributed by atoms with Gasteiger partial charge in [0, 0.05) is 49.7 Å². The lowest BCUT2D eigenvalue weighted by Gasteiger charge is -2.32. The number of carbonyl (C=O) groups is 1. The van der Waals surface area contributed by atoms with E-state index in [1.807, 2.05) is 23.1 Å². The number of H-pyrrole nitrogens is 1. The Kier molecular flexibility index (Phi) is 4.80. The third-order valence-corrected chi connectivity index (χ3v) is 4.26. The smallest absolute Gasteiger partial charge is 0.342 e. The highest BCUT2D eigenvalue weighted by Crippen LogP contribution is 2.25. The predicted molar refractivity (Wildman–Crippen MR) is 86.0 cm³/mol. The van der Waals surface area contributed by atoms with Crippen molar-refractivity contribution in [2.24, 2.45) is 0 Å². The molecule has 2 aromatic rings. The summed E-state index contributed by atoms with van der Waals surface area (Å²) in [6.45, 7) is 1.45. The molecule has 3 rings (SSSR count). The van der Waals surface area contributed by atoms with E-state index in [9.17, 15) is 9.59 Å². The van der Waals surface area contributed by atoms with E-state index in [1.165, 1.54) is 6.20 Å². The Morgan fingerprint density at radius 2 is 2.26 bits per heavy atom. The number of amides is 1. The predicted octanol–water partition coefficient (Wildman–Crippen LogP) is 1.50. The molecule has 1 amide bonds. The third kappa shape index (κ3) is 4.03. The first-order chi connectivity index (χ1) is 11.2.